The van der Waals surface area contributed by atoms with Crippen molar-refractivity contribution in [3.63, 3.8) is 0 Å². The van der Waals surface area contributed by atoms with E-state index in [0.717, 1.165) is 12.8 Å². The van der Waals surface area contributed by atoms with E-state index in [1.165, 1.54) is 24.8 Å². The SMILES string of the molecule is CC(=O)c1ccc(SC2CCOCC2)c([N+](=O)[O-])c1. The Morgan fingerprint density at radius 3 is 2.68 bits per heavy atom. The van der Waals surface area contributed by atoms with E-state index in [0.29, 0.717) is 28.9 Å². The van der Waals surface area contributed by atoms with Crippen LogP contribution in [0.4, 0.5) is 5.69 Å². The molecular formula is C13H15NO4S. The van der Waals surface area contributed by atoms with Crippen LogP contribution < -0.4 is 0 Å². The van der Waals surface area contributed by atoms with Crippen molar-refractivity contribution in [3.8, 4) is 0 Å². The van der Waals surface area contributed by atoms with E-state index in [1.807, 2.05) is 0 Å². The van der Waals surface area contributed by atoms with Crippen LogP contribution in [0.2, 0.25) is 0 Å². The van der Waals surface area contributed by atoms with Crippen LogP contribution in [-0.4, -0.2) is 29.2 Å². The van der Waals surface area contributed by atoms with Crippen molar-refractivity contribution in [1.29, 1.82) is 0 Å². The Morgan fingerprint density at radius 2 is 2.11 bits per heavy atom. The van der Waals surface area contributed by atoms with Crippen LogP contribution in [0.3, 0.4) is 0 Å². The smallest absolute Gasteiger partial charge is 0.283 e. The van der Waals surface area contributed by atoms with Gasteiger partial charge >= 0.3 is 0 Å². The topological polar surface area (TPSA) is 69.4 Å². The maximum atomic E-state index is 11.3. The lowest BCUT2D eigenvalue weighted by molar-refractivity contribution is -0.387. The highest BCUT2D eigenvalue weighted by Gasteiger charge is 2.21. The number of nitrogens with zero attached hydrogens (tertiary/aromatic N) is 1. The second-order valence-corrected chi connectivity index (χ2v) is 5.77. The zero-order valence-corrected chi connectivity index (χ0v) is 11.4. The summed E-state index contributed by atoms with van der Waals surface area (Å²) in [5, 5.41) is 11.4. The van der Waals surface area contributed by atoms with Crippen molar-refractivity contribution < 1.29 is 14.5 Å². The van der Waals surface area contributed by atoms with Gasteiger partial charge in [0.25, 0.3) is 5.69 Å². The van der Waals surface area contributed by atoms with Gasteiger partial charge in [0.15, 0.2) is 5.78 Å². The van der Waals surface area contributed by atoms with E-state index >= 15 is 0 Å². The van der Waals surface area contributed by atoms with Crippen molar-refractivity contribution in [2.45, 2.75) is 29.9 Å². The first-order chi connectivity index (χ1) is 9.08. The fraction of sp³-hybridized carbons (Fsp3) is 0.462. The first-order valence-electron chi connectivity index (χ1n) is 6.11. The summed E-state index contributed by atoms with van der Waals surface area (Å²) >= 11 is 1.51. The summed E-state index contributed by atoms with van der Waals surface area (Å²) in [5.41, 5.74) is 0.396. The van der Waals surface area contributed by atoms with Gasteiger partial charge in [-0.3, -0.25) is 14.9 Å². The normalized spacial score (nSPS) is 16.3. The number of carbonyl (C=O) groups is 1. The highest BCUT2D eigenvalue weighted by Crippen LogP contribution is 2.36. The molecular weight excluding hydrogens is 266 g/mol. The third-order valence-corrected chi connectivity index (χ3v) is 4.43. The van der Waals surface area contributed by atoms with E-state index in [4.69, 9.17) is 4.74 Å². The molecule has 1 aromatic rings. The predicted molar refractivity (Wildman–Crippen MR) is 72.8 cm³/mol. The van der Waals surface area contributed by atoms with Crippen LogP contribution in [-0.2, 0) is 4.74 Å². The molecule has 0 aromatic heterocycles. The molecule has 1 aliphatic rings. The monoisotopic (exact) mass is 281 g/mol. The summed E-state index contributed by atoms with van der Waals surface area (Å²) in [6.45, 7) is 2.82. The zero-order valence-electron chi connectivity index (χ0n) is 10.6. The number of thioether (sulfide) groups is 1. The first kappa shape index (κ1) is 14.0. The van der Waals surface area contributed by atoms with Gasteiger partial charge in [-0.15, -0.1) is 11.8 Å². The molecule has 5 nitrogen and oxygen atoms in total. The standard InChI is InChI=1S/C13H15NO4S/c1-9(15)10-2-3-13(12(8-10)14(16)17)19-11-4-6-18-7-5-11/h2-3,8,11H,4-7H2,1H3. The van der Waals surface area contributed by atoms with Gasteiger partial charge in [0.05, 0.1) is 9.82 Å². The van der Waals surface area contributed by atoms with Crippen LogP contribution in [0.15, 0.2) is 23.1 Å². The Morgan fingerprint density at radius 1 is 1.42 bits per heavy atom. The molecule has 0 aliphatic carbocycles. The molecule has 0 amide bonds. The zero-order chi connectivity index (χ0) is 13.8. The van der Waals surface area contributed by atoms with Gasteiger partial charge < -0.3 is 4.74 Å². The highest BCUT2D eigenvalue weighted by atomic mass is 32.2. The number of ether oxygens (including phenoxy) is 1. The third-order valence-electron chi connectivity index (χ3n) is 3.02. The maximum Gasteiger partial charge on any atom is 0.283 e. The molecule has 0 saturated carbocycles. The van der Waals surface area contributed by atoms with E-state index in [2.05, 4.69) is 0 Å². The summed E-state index contributed by atoms with van der Waals surface area (Å²) in [6.07, 6.45) is 1.80. The van der Waals surface area contributed by atoms with Crippen LogP contribution in [0, 0.1) is 10.1 Å². The molecule has 2 rings (SSSR count). The molecule has 6 heteroatoms. The van der Waals surface area contributed by atoms with E-state index in [-0.39, 0.29) is 11.5 Å². The molecule has 1 aliphatic heterocycles. The van der Waals surface area contributed by atoms with Gasteiger partial charge in [-0.1, -0.05) is 0 Å². The lowest BCUT2D eigenvalue weighted by Crippen LogP contribution is -2.17. The molecule has 102 valence electrons. The Balaban J connectivity index is 2.23. The number of hydrogen-bond donors (Lipinski definition) is 0. The van der Waals surface area contributed by atoms with E-state index in [1.54, 1.807) is 12.1 Å². The van der Waals surface area contributed by atoms with E-state index in [9.17, 15) is 14.9 Å². The first-order valence-corrected chi connectivity index (χ1v) is 6.99. The van der Waals surface area contributed by atoms with Gasteiger partial charge in [-0.05, 0) is 31.9 Å². The lowest BCUT2D eigenvalue weighted by atomic mass is 10.1. The number of benzene rings is 1. The van der Waals surface area contributed by atoms with Crippen molar-refractivity contribution in [2.75, 3.05) is 13.2 Å². The summed E-state index contributed by atoms with van der Waals surface area (Å²) in [4.78, 5) is 22.6. The number of carbonyl (C=O) groups excluding carboxylic acids is 1. The fourth-order valence-electron chi connectivity index (χ4n) is 1.95. The Labute approximate surface area is 115 Å². The highest BCUT2D eigenvalue weighted by molar-refractivity contribution is 8.00. The van der Waals surface area contributed by atoms with Gasteiger partial charge in [0.2, 0.25) is 0 Å². The van der Waals surface area contributed by atoms with Gasteiger partial charge in [-0.25, -0.2) is 0 Å². The summed E-state index contributed by atoms with van der Waals surface area (Å²) in [6, 6.07) is 4.69. The summed E-state index contributed by atoms with van der Waals surface area (Å²) in [5.74, 6) is -0.161. The van der Waals surface area contributed by atoms with Crippen molar-refractivity contribution in [1.82, 2.24) is 0 Å². The molecule has 1 saturated heterocycles. The molecule has 0 bridgehead atoms. The molecule has 0 spiro atoms. The number of rotatable bonds is 4. The van der Waals surface area contributed by atoms with Gasteiger partial charge in [-0.2, -0.15) is 0 Å². The Bertz CT molecular complexity index is 497. The molecule has 0 atom stereocenters. The summed E-state index contributed by atoms with van der Waals surface area (Å²) < 4.78 is 5.27. The number of ketones is 1. The molecule has 1 fully saturated rings. The quantitative estimate of drug-likeness (QED) is 0.482. The van der Waals surface area contributed by atoms with E-state index < -0.39 is 4.92 Å². The number of nitro benzene ring substituents is 1. The average Bonchev–Trinajstić information content (AvgIpc) is 2.39. The lowest BCUT2D eigenvalue weighted by Gasteiger charge is -2.21. The third kappa shape index (κ3) is 3.54. The second kappa shape index (κ2) is 6.16. The van der Waals surface area contributed by atoms with Crippen LogP contribution >= 0.6 is 11.8 Å². The predicted octanol–water partition coefficient (Wildman–Crippen LogP) is 3.07. The minimum Gasteiger partial charge on any atom is -0.381 e. The van der Waals surface area contributed by atoms with Crippen LogP contribution in [0.5, 0.6) is 0 Å². The Hall–Kier alpha value is -1.40. The van der Waals surface area contributed by atoms with Gasteiger partial charge in [0.1, 0.15) is 0 Å². The van der Waals surface area contributed by atoms with Crippen LogP contribution in [0.1, 0.15) is 30.1 Å². The van der Waals surface area contributed by atoms with Gasteiger partial charge in [0, 0.05) is 30.1 Å². The number of Topliss-reactive ketones (excluding diaryl/α,β-unsaturated/α-hetero) is 1. The minimum atomic E-state index is -0.423. The summed E-state index contributed by atoms with van der Waals surface area (Å²) in [7, 11) is 0. The van der Waals surface area contributed by atoms with Crippen molar-refractivity contribution >= 4 is 23.2 Å². The van der Waals surface area contributed by atoms with Crippen molar-refractivity contribution in [2.24, 2.45) is 0 Å². The molecule has 1 heterocycles. The molecule has 0 N–H and O–H groups in total. The Kier molecular flexibility index (Phi) is 4.55. The average molecular weight is 281 g/mol. The fourth-order valence-corrected chi connectivity index (χ4v) is 3.14. The molecule has 19 heavy (non-hydrogen) atoms. The largest absolute Gasteiger partial charge is 0.381 e. The van der Waals surface area contributed by atoms with Crippen molar-refractivity contribution in [3.05, 3.63) is 33.9 Å². The molecule has 1 aromatic carbocycles. The number of hydrogen-bond acceptors (Lipinski definition) is 5. The second-order valence-electron chi connectivity index (χ2n) is 4.43. The van der Waals surface area contributed by atoms with Crippen LogP contribution in [0.25, 0.3) is 0 Å². The molecule has 0 radical (unpaired) electrons. The maximum absolute atomic E-state index is 11.3. The minimum absolute atomic E-state index is 0.0178. The molecule has 0 unspecified atom stereocenters. The number of nitro groups is 1.